The van der Waals surface area contributed by atoms with E-state index in [1.165, 1.54) is 12.0 Å². The first-order valence-corrected chi connectivity index (χ1v) is 13.3. The van der Waals surface area contributed by atoms with Crippen LogP contribution in [0.1, 0.15) is 63.1 Å². The van der Waals surface area contributed by atoms with Gasteiger partial charge < -0.3 is 19.1 Å². The second kappa shape index (κ2) is 13.7. The molecular formula is C27H38BrN3O3. The van der Waals surface area contributed by atoms with Crippen LogP contribution in [-0.4, -0.2) is 59.0 Å². The van der Waals surface area contributed by atoms with Crippen LogP contribution in [-0.2, 0) is 27.4 Å². The number of rotatable bonds is 12. The van der Waals surface area contributed by atoms with E-state index in [2.05, 4.69) is 57.0 Å². The normalized spacial score (nSPS) is 14.2. The summed E-state index contributed by atoms with van der Waals surface area (Å²) in [7, 11) is 1.62. The van der Waals surface area contributed by atoms with E-state index >= 15 is 0 Å². The summed E-state index contributed by atoms with van der Waals surface area (Å²) < 4.78 is 8.48. The summed E-state index contributed by atoms with van der Waals surface area (Å²) in [6.45, 7) is 4.31. The number of benzene rings is 1. The monoisotopic (exact) mass is 531 g/mol. The first kappa shape index (κ1) is 26.5. The van der Waals surface area contributed by atoms with Gasteiger partial charge in [-0.1, -0.05) is 54.2 Å². The van der Waals surface area contributed by atoms with Gasteiger partial charge in [-0.3, -0.25) is 9.59 Å². The van der Waals surface area contributed by atoms with Gasteiger partial charge in [-0.05, 0) is 49.1 Å². The fraction of sp³-hybridized carbons (Fsp3) is 0.556. The van der Waals surface area contributed by atoms with Crippen molar-refractivity contribution in [1.82, 2.24) is 14.4 Å². The number of methoxy groups -OCH3 is 1. The van der Waals surface area contributed by atoms with E-state index in [1.54, 1.807) is 12.0 Å². The van der Waals surface area contributed by atoms with Gasteiger partial charge in [0.25, 0.3) is 0 Å². The Labute approximate surface area is 212 Å². The minimum Gasteiger partial charge on any atom is -0.383 e. The predicted molar refractivity (Wildman–Crippen MR) is 138 cm³/mol. The van der Waals surface area contributed by atoms with Gasteiger partial charge in [0.05, 0.1) is 19.7 Å². The molecule has 1 aromatic heterocycles. The standard InChI is InChI=1S/C27H38BrN3O3/c1-3-8-26(32)30(17-18-34-2)21-27(33)31(24-9-5-4-6-10-24)20-25-11-7-16-29(25)19-22-12-14-23(28)15-13-22/h7,11-16,24H,3-6,8-10,17-21H2,1-2H3. The molecule has 1 saturated carbocycles. The number of halogens is 1. The van der Waals surface area contributed by atoms with Crippen molar-refractivity contribution in [2.24, 2.45) is 0 Å². The Morgan fingerprint density at radius 3 is 2.50 bits per heavy atom. The van der Waals surface area contributed by atoms with E-state index in [1.807, 2.05) is 17.9 Å². The lowest BCUT2D eigenvalue weighted by Gasteiger charge is -2.36. The summed E-state index contributed by atoms with van der Waals surface area (Å²) in [5.41, 5.74) is 2.33. The molecule has 0 unspecified atom stereocenters. The van der Waals surface area contributed by atoms with Gasteiger partial charge in [0.1, 0.15) is 0 Å². The van der Waals surface area contributed by atoms with Crippen LogP contribution in [0, 0.1) is 0 Å². The molecule has 7 heteroatoms. The Kier molecular flexibility index (Phi) is 10.7. The minimum absolute atomic E-state index is 0.0232. The molecule has 0 saturated heterocycles. The highest BCUT2D eigenvalue weighted by molar-refractivity contribution is 9.10. The molecule has 34 heavy (non-hydrogen) atoms. The number of nitrogens with zero attached hydrogens (tertiary/aromatic N) is 3. The molecule has 2 aromatic rings. The Morgan fingerprint density at radius 1 is 1.09 bits per heavy atom. The highest BCUT2D eigenvalue weighted by Gasteiger charge is 2.28. The third-order valence-electron chi connectivity index (χ3n) is 6.57. The Bertz CT molecular complexity index is 906. The molecule has 0 spiro atoms. The topological polar surface area (TPSA) is 54.8 Å². The molecule has 0 aliphatic heterocycles. The molecule has 6 nitrogen and oxygen atoms in total. The van der Waals surface area contributed by atoms with Crippen molar-refractivity contribution in [2.75, 3.05) is 26.8 Å². The highest BCUT2D eigenvalue weighted by Crippen LogP contribution is 2.25. The van der Waals surface area contributed by atoms with Gasteiger partial charge in [-0.25, -0.2) is 0 Å². The molecule has 0 radical (unpaired) electrons. The van der Waals surface area contributed by atoms with Crippen LogP contribution >= 0.6 is 15.9 Å². The molecule has 1 heterocycles. The van der Waals surface area contributed by atoms with E-state index < -0.39 is 0 Å². The molecule has 0 atom stereocenters. The van der Waals surface area contributed by atoms with Crippen molar-refractivity contribution >= 4 is 27.7 Å². The fourth-order valence-electron chi connectivity index (χ4n) is 4.64. The van der Waals surface area contributed by atoms with Crippen LogP contribution in [0.3, 0.4) is 0 Å². The van der Waals surface area contributed by atoms with Crippen molar-refractivity contribution in [1.29, 1.82) is 0 Å². The molecule has 1 fully saturated rings. The maximum atomic E-state index is 13.6. The molecular weight excluding hydrogens is 494 g/mol. The van der Waals surface area contributed by atoms with E-state index in [-0.39, 0.29) is 24.4 Å². The van der Waals surface area contributed by atoms with E-state index in [0.717, 1.165) is 48.8 Å². The van der Waals surface area contributed by atoms with Crippen LogP contribution in [0.25, 0.3) is 0 Å². The van der Waals surface area contributed by atoms with Crippen LogP contribution in [0.2, 0.25) is 0 Å². The fourth-order valence-corrected chi connectivity index (χ4v) is 4.91. The summed E-state index contributed by atoms with van der Waals surface area (Å²) in [5, 5.41) is 0. The number of carbonyl (C=O) groups is 2. The number of ether oxygens (including phenoxy) is 1. The summed E-state index contributed by atoms with van der Waals surface area (Å²) >= 11 is 3.50. The first-order valence-electron chi connectivity index (χ1n) is 12.5. The Balaban J connectivity index is 1.77. The van der Waals surface area contributed by atoms with Crippen LogP contribution in [0.15, 0.2) is 47.1 Å². The first-order chi connectivity index (χ1) is 16.5. The number of hydrogen-bond donors (Lipinski definition) is 0. The predicted octanol–water partition coefficient (Wildman–Crippen LogP) is 5.24. The summed E-state index contributed by atoms with van der Waals surface area (Å²) in [5.74, 6) is 0.0546. The maximum Gasteiger partial charge on any atom is 0.242 e. The molecule has 0 bridgehead atoms. The third kappa shape index (κ3) is 7.70. The highest BCUT2D eigenvalue weighted by atomic mass is 79.9. The summed E-state index contributed by atoms with van der Waals surface area (Å²) in [6.07, 6.45) is 8.89. The number of carbonyl (C=O) groups excluding carboxylic acids is 2. The smallest absolute Gasteiger partial charge is 0.242 e. The zero-order chi connectivity index (χ0) is 24.3. The second-order valence-corrected chi connectivity index (χ2v) is 10.0. The molecule has 1 aromatic carbocycles. The largest absolute Gasteiger partial charge is 0.383 e. The van der Waals surface area contributed by atoms with Crippen LogP contribution in [0.4, 0.5) is 0 Å². The third-order valence-corrected chi connectivity index (χ3v) is 7.09. The average molecular weight is 533 g/mol. The lowest BCUT2D eigenvalue weighted by molar-refractivity contribution is -0.143. The Morgan fingerprint density at radius 2 is 1.82 bits per heavy atom. The van der Waals surface area contributed by atoms with Gasteiger partial charge in [0, 0.05) is 49.0 Å². The van der Waals surface area contributed by atoms with Gasteiger partial charge in [-0.15, -0.1) is 0 Å². The maximum absolute atomic E-state index is 13.6. The van der Waals surface area contributed by atoms with Crippen molar-refractivity contribution < 1.29 is 14.3 Å². The van der Waals surface area contributed by atoms with Crippen LogP contribution in [0.5, 0.6) is 0 Å². The molecule has 186 valence electrons. The molecule has 3 rings (SSSR count). The van der Waals surface area contributed by atoms with Gasteiger partial charge in [0.2, 0.25) is 11.8 Å². The zero-order valence-corrected chi connectivity index (χ0v) is 22.1. The number of aromatic nitrogens is 1. The summed E-state index contributed by atoms with van der Waals surface area (Å²) in [6, 6.07) is 12.7. The lowest BCUT2D eigenvalue weighted by Crippen LogP contribution is -2.48. The minimum atomic E-state index is 0.0232. The number of hydrogen-bond acceptors (Lipinski definition) is 3. The van der Waals surface area contributed by atoms with Gasteiger partial charge in [-0.2, -0.15) is 0 Å². The van der Waals surface area contributed by atoms with E-state index in [4.69, 9.17) is 4.74 Å². The second-order valence-electron chi connectivity index (χ2n) is 9.13. The average Bonchev–Trinajstić information content (AvgIpc) is 3.28. The number of amides is 2. The van der Waals surface area contributed by atoms with Gasteiger partial charge in [0.15, 0.2) is 0 Å². The van der Waals surface area contributed by atoms with Crippen molar-refractivity contribution in [3.05, 3.63) is 58.3 Å². The SMILES string of the molecule is CCCC(=O)N(CCOC)CC(=O)N(Cc1cccn1Cc1ccc(Br)cc1)C1CCCCC1. The Hall–Kier alpha value is -2.12. The molecule has 1 aliphatic rings. The van der Waals surface area contributed by atoms with Crippen LogP contribution < -0.4 is 0 Å². The van der Waals surface area contributed by atoms with E-state index in [9.17, 15) is 9.59 Å². The molecule has 0 N–H and O–H groups in total. The zero-order valence-electron chi connectivity index (χ0n) is 20.5. The quantitative estimate of drug-likeness (QED) is 0.376. The van der Waals surface area contributed by atoms with Gasteiger partial charge >= 0.3 is 0 Å². The molecule has 1 aliphatic carbocycles. The van der Waals surface area contributed by atoms with Crippen molar-refractivity contribution in [3.63, 3.8) is 0 Å². The van der Waals surface area contributed by atoms with Crippen molar-refractivity contribution in [2.45, 2.75) is 71.0 Å². The summed E-state index contributed by atoms with van der Waals surface area (Å²) in [4.78, 5) is 30.0. The van der Waals surface area contributed by atoms with Crippen molar-refractivity contribution in [3.8, 4) is 0 Å². The van der Waals surface area contributed by atoms with E-state index in [0.29, 0.717) is 26.1 Å². The molecule has 2 amide bonds. The lowest BCUT2D eigenvalue weighted by atomic mass is 9.94.